The number of benzene rings is 4. The Morgan fingerprint density at radius 1 is 0.372 bits per heavy atom. The normalized spacial score (nSPS) is 10.3. The van der Waals surface area contributed by atoms with Crippen LogP contribution in [0, 0.1) is 0 Å². The molecule has 0 amide bonds. The molecule has 223 valence electrons. The Kier molecular flexibility index (Phi) is 14.6. The predicted molar refractivity (Wildman–Crippen MR) is 190 cm³/mol. The van der Waals surface area contributed by atoms with Crippen LogP contribution < -0.4 is 0 Å². The van der Waals surface area contributed by atoms with Gasteiger partial charge in [0.15, 0.2) is 17.9 Å². The van der Waals surface area contributed by atoms with Crippen LogP contribution in [0.4, 0.5) is 0 Å². The minimum absolute atomic E-state index is 0.226. The number of para-hydroxylation sites is 4. The van der Waals surface area contributed by atoms with E-state index < -0.39 is 0 Å². The number of halogens is 6. The zero-order valence-electron chi connectivity index (χ0n) is 21.3. The number of nitrogens with zero attached hydrogens (tertiary/aromatic N) is 4. The molecule has 15 heteroatoms. The van der Waals surface area contributed by atoms with Crippen molar-refractivity contribution in [3.8, 4) is 0 Å². The second-order valence-corrected chi connectivity index (χ2v) is 16.7. The van der Waals surface area contributed by atoms with Gasteiger partial charge in [0.1, 0.15) is 0 Å². The molecule has 0 saturated carbocycles. The van der Waals surface area contributed by atoms with Crippen LogP contribution in [0.15, 0.2) is 97.1 Å². The van der Waals surface area contributed by atoms with E-state index in [1.807, 2.05) is 97.1 Å². The van der Waals surface area contributed by atoms with E-state index in [-0.39, 0.29) is 15.1 Å². The van der Waals surface area contributed by atoms with Crippen LogP contribution in [0.2, 0.25) is 17.9 Å². The van der Waals surface area contributed by atoms with Gasteiger partial charge in [0.05, 0.1) is 40.9 Å². The molecular formula is C28H16Cl6N4RhS4. The van der Waals surface area contributed by atoms with Crippen molar-refractivity contribution < 1.29 is 15.1 Å². The van der Waals surface area contributed by atoms with Crippen LogP contribution >= 0.6 is 111 Å². The van der Waals surface area contributed by atoms with Gasteiger partial charge in [0.25, 0.3) is 0 Å². The van der Waals surface area contributed by atoms with Crippen LogP contribution in [0.5, 0.6) is 0 Å². The predicted octanol–water partition coefficient (Wildman–Crippen LogP) is 13.2. The van der Waals surface area contributed by atoms with E-state index in [1.165, 1.54) is 45.3 Å². The van der Waals surface area contributed by atoms with Crippen molar-refractivity contribution >= 4 is 152 Å². The molecule has 0 bridgehead atoms. The molecule has 8 rings (SSSR count). The van der Waals surface area contributed by atoms with Gasteiger partial charge in [0.2, 0.25) is 0 Å². The second kappa shape index (κ2) is 18.1. The fourth-order valence-corrected chi connectivity index (χ4v) is 7.50. The SMILES string of the molecule is Clc1nc2ccccc2s1.Clc1nc2ccccc2s1.Clc1nc2ccccc2s1.Clc1nc2ccccc2s1.[Cl][Rh][Cl]. The summed E-state index contributed by atoms with van der Waals surface area (Å²) in [5.74, 6) is 0. The fraction of sp³-hybridized carbons (Fsp3) is 0. The quantitative estimate of drug-likeness (QED) is 0.143. The summed E-state index contributed by atoms with van der Waals surface area (Å²) in [5, 5.41) is 0. The second-order valence-electron chi connectivity index (χ2n) is 7.79. The minimum atomic E-state index is -0.226. The van der Waals surface area contributed by atoms with Crippen molar-refractivity contribution in [1.29, 1.82) is 0 Å². The zero-order chi connectivity index (χ0) is 30.6. The van der Waals surface area contributed by atoms with E-state index in [2.05, 4.69) is 19.9 Å². The van der Waals surface area contributed by atoms with Crippen molar-refractivity contribution in [2.75, 3.05) is 0 Å². The van der Waals surface area contributed by atoms with Gasteiger partial charge in [-0.05, 0) is 48.5 Å². The molecule has 0 aliphatic carbocycles. The standard InChI is InChI=1S/4C7H4ClNS.2ClH.Rh/c4*8-7-9-5-3-1-2-4-6(5)10-7;;;/h4*1-4H;2*1H;/q;;;;;;+2/p-2. The number of rotatable bonds is 0. The molecule has 4 nitrogen and oxygen atoms in total. The Hall–Kier alpha value is -1.20. The molecule has 4 heterocycles. The van der Waals surface area contributed by atoms with Crippen LogP contribution in [0.1, 0.15) is 0 Å². The Labute approximate surface area is 298 Å². The van der Waals surface area contributed by atoms with Crippen molar-refractivity contribution in [2.45, 2.75) is 0 Å². The van der Waals surface area contributed by atoms with Gasteiger partial charge in [-0.15, -0.1) is 45.3 Å². The summed E-state index contributed by atoms with van der Waals surface area (Å²) in [6.07, 6.45) is 0. The molecule has 0 fully saturated rings. The summed E-state index contributed by atoms with van der Waals surface area (Å²) in [5.41, 5.74) is 3.94. The van der Waals surface area contributed by atoms with Crippen LogP contribution in [-0.4, -0.2) is 19.9 Å². The maximum absolute atomic E-state index is 5.69. The topological polar surface area (TPSA) is 51.6 Å². The number of aromatic nitrogens is 4. The third kappa shape index (κ3) is 11.0. The van der Waals surface area contributed by atoms with Gasteiger partial charge in [-0.25, -0.2) is 19.9 Å². The van der Waals surface area contributed by atoms with Gasteiger partial charge in [-0.2, -0.15) is 0 Å². The van der Waals surface area contributed by atoms with Crippen LogP contribution in [0.25, 0.3) is 40.9 Å². The van der Waals surface area contributed by atoms with Crippen molar-refractivity contribution in [2.24, 2.45) is 0 Å². The number of hydrogen-bond donors (Lipinski definition) is 0. The zero-order valence-corrected chi connectivity index (χ0v) is 30.7. The van der Waals surface area contributed by atoms with E-state index in [1.54, 1.807) is 0 Å². The average molecular weight is 852 g/mol. The van der Waals surface area contributed by atoms with Gasteiger partial charge in [-0.1, -0.05) is 94.9 Å². The van der Waals surface area contributed by atoms with E-state index in [0.29, 0.717) is 17.9 Å². The average Bonchev–Trinajstić information content (AvgIpc) is 3.76. The molecule has 0 saturated heterocycles. The third-order valence-corrected chi connectivity index (χ3v) is 9.63. The molecule has 0 aliphatic heterocycles. The summed E-state index contributed by atoms with van der Waals surface area (Å²) < 4.78 is 7.03. The first-order valence-corrected chi connectivity index (χ1v) is 20.7. The third-order valence-electron chi connectivity index (χ3n) is 5.07. The van der Waals surface area contributed by atoms with E-state index in [0.717, 1.165) is 40.9 Å². The summed E-state index contributed by atoms with van der Waals surface area (Å²) in [4.78, 5) is 16.4. The molecule has 0 aliphatic rings. The van der Waals surface area contributed by atoms with Gasteiger partial charge in [0, 0.05) is 0 Å². The first kappa shape index (κ1) is 34.7. The van der Waals surface area contributed by atoms with Crippen LogP contribution in [0.3, 0.4) is 0 Å². The summed E-state index contributed by atoms with van der Waals surface area (Å²) in [6.45, 7) is 0. The molecular weight excluding hydrogens is 836 g/mol. The van der Waals surface area contributed by atoms with E-state index in [4.69, 9.17) is 65.8 Å². The molecule has 0 unspecified atom stereocenters. The van der Waals surface area contributed by atoms with Gasteiger partial charge in [-0.3, -0.25) is 0 Å². The molecule has 43 heavy (non-hydrogen) atoms. The molecule has 0 spiro atoms. The summed E-state index contributed by atoms with van der Waals surface area (Å²) >= 11 is 28.6. The monoisotopic (exact) mass is 849 g/mol. The molecule has 0 radical (unpaired) electrons. The summed E-state index contributed by atoms with van der Waals surface area (Å²) in [6, 6.07) is 31.6. The van der Waals surface area contributed by atoms with Crippen molar-refractivity contribution in [1.82, 2.24) is 19.9 Å². The van der Waals surface area contributed by atoms with E-state index >= 15 is 0 Å². The Morgan fingerprint density at radius 2 is 0.558 bits per heavy atom. The van der Waals surface area contributed by atoms with Crippen molar-refractivity contribution in [3.05, 3.63) is 115 Å². The van der Waals surface area contributed by atoms with Gasteiger partial charge >= 0.3 is 34.5 Å². The van der Waals surface area contributed by atoms with Crippen LogP contribution in [-0.2, 0) is 15.1 Å². The Balaban J connectivity index is 0.000000127. The number of thiazole rings is 4. The number of fused-ring (bicyclic) bond motifs is 4. The fourth-order valence-electron chi connectivity index (χ4n) is 3.38. The first-order valence-electron chi connectivity index (χ1n) is 11.7. The molecule has 4 aromatic heterocycles. The Morgan fingerprint density at radius 3 is 0.744 bits per heavy atom. The molecule has 4 aromatic carbocycles. The molecule has 8 aromatic rings. The Bertz CT molecular complexity index is 1610. The summed E-state index contributed by atoms with van der Waals surface area (Å²) in [7, 11) is 9.67. The molecule has 0 N–H and O–H groups in total. The first-order chi connectivity index (χ1) is 20.9. The molecule has 0 atom stereocenters. The maximum atomic E-state index is 5.69. The number of hydrogen-bond acceptors (Lipinski definition) is 8. The van der Waals surface area contributed by atoms with E-state index in [9.17, 15) is 0 Å². The van der Waals surface area contributed by atoms with Gasteiger partial charge < -0.3 is 0 Å². The van der Waals surface area contributed by atoms with Crippen molar-refractivity contribution in [3.63, 3.8) is 0 Å².